The highest BCUT2D eigenvalue weighted by molar-refractivity contribution is 6.31. The van der Waals surface area contributed by atoms with Crippen molar-refractivity contribution in [3.8, 4) is 0 Å². The Bertz CT molecular complexity index is 505. The van der Waals surface area contributed by atoms with Gasteiger partial charge in [0.15, 0.2) is 0 Å². The zero-order valence-corrected chi connectivity index (χ0v) is 10.9. The van der Waals surface area contributed by atoms with E-state index in [4.69, 9.17) is 17.3 Å². The van der Waals surface area contributed by atoms with Gasteiger partial charge in [-0.3, -0.25) is 0 Å². The van der Waals surface area contributed by atoms with Crippen LogP contribution in [0.15, 0.2) is 18.2 Å². The number of nitrogens with two attached hydrogens (primary N) is 1. The molecule has 4 heteroatoms. The van der Waals surface area contributed by atoms with Gasteiger partial charge >= 0.3 is 0 Å². The van der Waals surface area contributed by atoms with Gasteiger partial charge in [0.05, 0.1) is 11.0 Å². The number of fused-ring (bicyclic) bond motifs is 1. The Morgan fingerprint density at radius 1 is 1.29 bits per heavy atom. The van der Waals surface area contributed by atoms with E-state index in [1.54, 1.807) is 0 Å². The van der Waals surface area contributed by atoms with Crippen LogP contribution in [0.3, 0.4) is 0 Å². The summed E-state index contributed by atoms with van der Waals surface area (Å²) in [7, 11) is 2.06. The summed E-state index contributed by atoms with van der Waals surface area (Å²) in [5.74, 6) is 1.12. The molecule has 0 saturated carbocycles. The number of rotatable bonds is 5. The maximum absolute atomic E-state index is 5.96. The molecule has 92 valence electrons. The molecule has 0 atom stereocenters. The average Bonchev–Trinajstić information content (AvgIpc) is 2.61. The molecule has 0 spiro atoms. The fraction of sp³-hybridized carbons (Fsp3) is 0.462. The van der Waals surface area contributed by atoms with Gasteiger partial charge in [-0.1, -0.05) is 18.0 Å². The molecule has 0 unspecified atom stereocenters. The lowest BCUT2D eigenvalue weighted by Gasteiger charge is -2.01. The van der Waals surface area contributed by atoms with Crippen molar-refractivity contribution >= 4 is 22.6 Å². The number of aromatic nitrogens is 2. The molecule has 2 aromatic rings. The van der Waals surface area contributed by atoms with Crippen LogP contribution >= 0.6 is 11.6 Å². The Morgan fingerprint density at radius 2 is 2.12 bits per heavy atom. The first-order chi connectivity index (χ1) is 8.22. The second-order valence-electron chi connectivity index (χ2n) is 4.32. The SMILES string of the molecule is Cn1c(CCCCCN)nc2cc(Cl)ccc21. The smallest absolute Gasteiger partial charge is 0.109 e. The summed E-state index contributed by atoms with van der Waals surface area (Å²) in [5, 5.41) is 0.741. The molecule has 0 fully saturated rings. The predicted molar refractivity (Wildman–Crippen MR) is 72.3 cm³/mol. The van der Waals surface area contributed by atoms with Gasteiger partial charge in [-0.2, -0.15) is 0 Å². The zero-order valence-electron chi connectivity index (χ0n) is 10.1. The lowest BCUT2D eigenvalue weighted by Crippen LogP contribution is -2.01. The van der Waals surface area contributed by atoms with E-state index < -0.39 is 0 Å². The van der Waals surface area contributed by atoms with Crippen molar-refractivity contribution in [2.24, 2.45) is 12.8 Å². The van der Waals surface area contributed by atoms with Crippen LogP contribution in [0.4, 0.5) is 0 Å². The van der Waals surface area contributed by atoms with Crippen LogP contribution in [0.5, 0.6) is 0 Å². The number of imidazole rings is 1. The number of aryl methyl sites for hydroxylation is 2. The molecule has 1 aromatic carbocycles. The van der Waals surface area contributed by atoms with Gasteiger partial charge in [0.2, 0.25) is 0 Å². The number of halogens is 1. The summed E-state index contributed by atoms with van der Waals surface area (Å²) in [5.41, 5.74) is 7.60. The molecule has 1 aromatic heterocycles. The van der Waals surface area contributed by atoms with E-state index in [0.717, 1.165) is 47.7 Å². The van der Waals surface area contributed by atoms with Crippen molar-refractivity contribution in [1.29, 1.82) is 0 Å². The van der Waals surface area contributed by atoms with E-state index in [2.05, 4.69) is 16.6 Å². The number of nitrogens with zero attached hydrogens (tertiary/aromatic N) is 2. The third-order valence-electron chi connectivity index (χ3n) is 3.04. The van der Waals surface area contributed by atoms with Crippen molar-refractivity contribution in [3.63, 3.8) is 0 Å². The molecule has 0 bridgehead atoms. The van der Waals surface area contributed by atoms with Crippen LogP contribution in [-0.4, -0.2) is 16.1 Å². The molecule has 1 heterocycles. The third kappa shape index (κ3) is 2.79. The molecule has 0 amide bonds. The fourth-order valence-electron chi connectivity index (χ4n) is 2.05. The summed E-state index contributed by atoms with van der Waals surface area (Å²) in [6.07, 6.45) is 4.40. The second-order valence-corrected chi connectivity index (χ2v) is 4.76. The highest BCUT2D eigenvalue weighted by atomic mass is 35.5. The minimum absolute atomic E-state index is 0.741. The summed E-state index contributed by atoms with van der Waals surface area (Å²) in [6.45, 7) is 0.776. The minimum Gasteiger partial charge on any atom is -0.331 e. The van der Waals surface area contributed by atoms with Crippen LogP contribution < -0.4 is 5.73 Å². The van der Waals surface area contributed by atoms with Gasteiger partial charge in [0, 0.05) is 18.5 Å². The van der Waals surface area contributed by atoms with E-state index in [0.29, 0.717) is 0 Å². The largest absolute Gasteiger partial charge is 0.331 e. The van der Waals surface area contributed by atoms with Gasteiger partial charge in [-0.15, -0.1) is 0 Å². The number of unbranched alkanes of at least 4 members (excludes halogenated alkanes) is 2. The van der Waals surface area contributed by atoms with Gasteiger partial charge in [0.1, 0.15) is 5.82 Å². The first kappa shape index (κ1) is 12.4. The van der Waals surface area contributed by atoms with E-state index in [1.807, 2.05) is 18.2 Å². The standard InChI is InChI=1S/C13H18ClN3/c1-17-12-7-6-10(14)9-11(12)16-13(17)5-3-2-4-8-15/h6-7,9H,2-5,8,15H2,1H3. The van der Waals surface area contributed by atoms with Crippen molar-refractivity contribution < 1.29 is 0 Å². The van der Waals surface area contributed by atoms with Crippen LogP contribution in [0.25, 0.3) is 11.0 Å². The Morgan fingerprint density at radius 3 is 2.88 bits per heavy atom. The topological polar surface area (TPSA) is 43.8 Å². The molecule has 0 saturated heterocycles. The molecular formula is C13H18ClN3. The minimum atomic E-state index is 0.741. The molecule has 3 nitrogen and oxygen atoms in total. The second kappa shape index (κ2) is 5.52. The summed E-state index contributed by atoms with van der Waals surface area (Å²) in [6, 6.07) is 5.85. The van der Waals surface area contributed by atoms with Crippen molar-refractivity contribution in [3.05, 3.63) is 29.0 Å². The fourth-order valence-corrected chi connectivity index (χ4v) is 2.22. The third-order valence-corrected chi connectivity index (χ3v) is 3.28. The van der Waals surface area contributed by atoms with Crippen LogP contribution in [0.1, 0.15) is 25.1 Å². The number of hydrogen-bond donors (Lipinski definition) is 1. The predicted octanol–water partition coefficient (Wildman–Crippen LogP) is 2.90. The van der Waals surface area contributed by atoms with Gasteiger partial charge < -0.3 is 10.3 Å². The van der Waals surface area contributed by atoms with Gasteiger partial charge in [-0.25, -0.2) is 4.98 Å². The highest BCUT2D eigenvalue weighted by Gasteiger charge is 2.07. The monoisotopic (exact) mass is 251 g/mol. The molecule has 0 aliphatic heterocycles. The summed E-state index contributed by atoms with van der Waals surface area (Å²) >= 11 is 5.96. The van der Waals surface area contributed by atoms with Gasteiger partial charge in [0.25, 0.3) is 0 Å². The highest BCUT2D eigenvalue weighted by Crippen LogP contribution is 2.20. The molecule has 2 rings (SSSR count). The maximum Gasteiger partial charge on any atom is 0.109 e. The van der Waals surface area contributed by atoms with E-state index in [9.17, 15) is 0 Å². The van der Waals surface area contributed by atoms with Crippen molar-refractivity contribution in [2.45, 2.75) is 25.7 Å². The summed E-state index contributed by atoms with van der Waals surface area (Å²) in [4.78, 5) is 4.62. The Hall–Kier alpha value is -1.06. The normalized spacial score (nSPS) is 11.2. The zero-order chi connectivity index (χ0) is 12.3. The van der Waals surface area contributed by atoms with Crippen LogP contribution in [0, 0.1) is 0 Å². The molecular weight excluding hydrogens is 234 g/mol. The van der Waals surface area contributed by atoms with Crippen molar-refractivity contribution in [2.75, 3.05) is 6.54 Å². The van der Waals surface area contributed by atoms with Crippen LogP contribution in [-0.2, 0) is 13.5 Å². The average molecular weight is 252 g/mol. The quantitative estimate of drug-likeness (QED) is 0.831. The van der Waals surface area contributed by atoms with Gasteiger partial charge in [-0.05, 0) is 37.6 Å². The number of benzene rings is 1. The molecule has 0 aliphatic rings. The van der Waals surface area contributed by atoms with Crippen LogP contribution in [0.2, 0.25) is 5.02 Å². The van der Waals surface area contributed by atoms with Crippen molar-refractivity contribution in [1.82, 2.24) is 9.55 Å². The van der Waals surface area contributed by atoms with E-state index in [-0.39, 0.29) is 0 Å². The molecule has 0 aliphatic carbocycles. The Labute approximate surface area is 107 Å². The Balaban J connectivity index is 2.15. The first-order valence-electron chi connectivity index (χ1n) is 6.03. The Kier molecular flexibility index (Phi) is 4.02. The summed E-state index contributed by atoms with van der Waals surface area (Å²) < 4.78 is 2.15. The lowest BCUT2D eigenvalue weighted by atomic mass is 10.2. The lowest BCUT2D eigenvalue weighted by molar-refractivity contribution is 0.656. The van der Waals surface area contributed by atoms with E-state index >= 15 is 0 Å². The maximum atomic E-state index is 5.96. The molecule has 2 N–H and O–H groups in total. The number of hydrogen-bond acceptors (Lipinski definition) is 2. The molecule has 17 heavy (non-hydrogen) atoms. The first-order valence-corrected chi connectivity index (χ1v) is 6.41. The van der Waals surface area contributed by atoms with E-state index in [1.165, 1.54) is 6.42 Å². The molecule has 0 radical (unpaired) electrons.